The summed E-state index contributed by atoms with van der Waals surface area (Å²) in [6.45, 7) is 4.33. The highest BCUT2D eigenvalue weighted by atomic mass is 35.5. The van der Waals surface area contributed by atoms with Crippen molar-refractivity contribution >= 4 is 50.5 Å². The van der Waals surface area contributed by atoms with Gasteiger partial charge < -0.3 is 10.1 Å². The smallest absolute Gasteiger partial charge is 0.264 e. The first-order valence-electron chi connectivity index (χ1n) is 11.2. The van der Waals surface area contributed by atoms with Crippen LogP contribution < -0.4 is 19.8 Å². The number of rotatable bonds is 9. The van der Waals surface area contributed by atoms with Crippen LogP contribution in [0.1, 0.15) is 25.0 Å². The number of hydrogen-bond acceptors (Lipinski definition) is 6. The van der Waals surface area contributed by atoms with Crippen LogP contribution in [0.2, 0.25) is 5.02 Å². The summed E-state index contributed by atoms with van der Waals surface area (Å²) in [7, 11) is -2.78. The Balaban J connectivity index is 1.92. The zero-order valence-electron chi connectivity index (χ0n) is 20.8. The second-order valence-corrected chi connectivity index (χ2v) is 10.4. The number of ether oxygens (including phenoxy) is 1. The summed E-state index contributed by atoms with van der Waals surface area (Å²) < 4.78 is 33.5. The molecule has 0 spiro atoms. The lowest BCUT2D eigenvalue weighted by Crippen LogP contribution is -2.40. The molecule has 194 valence electrons. The van der Waals surface area contributed by atoms with Gasteiger partial charge in [-0.05, 0) is 61.9 Å². The summed E-state index contributed by atoms with van der Waals surface area (Å²) in [6, 6.07) is 17.7. The van der Waals surface area contributed by atoms with E-state index in [1.54, 1.807) is 49.4 Å². The molecule has 0 aromatic heterocycles. The van der Waals surface area contributed by atoms with E-state index in [0.29, 0.717) is 17.0 Å². The van der Waals surface area contributed by atoms with Crippen LogP contribution in [0.15, 0.2) is 76.7 Å². The molecule has 11 heteroatoms. The van der Waals surface area contributed by atoms with Crippen LogP contribution in [0, 0.1) is 6.92 Å². The van der Waals surface area contributed by atoms with Gasteiger partial charge in [-0.2, -0.15) is 5.10 Å². The molecule has 0 saturated heterocycles. The highest BCUT2D eigenvalue weighted by Crippen LogP contribution is 2.34. The lowest BCUT2D eigenvalue weighted by atomic mass is 10.1. The van der Waals surface area contributed by atoms with Gasteiger partial charge >= 0.3 is 0 Å². The quantitative estimate of drug-likeness (QED) is 0.308. The van der Waals surface area contributed by atoms with Crippen LogP contribution in [0.25, 0.3) is 0 Å². The average molecular weight is 543 g/mol. The fraction of sp³-hybridized carbons (Fsp3) is 0.192. The monoisotopic (exact) mass is 542 g/mol. The summed E-state index contributed by atoms with van der Waals surface area (Å²) >= 11 is 6.16. The number of nitrogens with zero attached hydrogens (tertiary/aromatic N) is 2. The van der Waals surface area contributed by atoms with Gasteiger partial charge in [0.05, 0.1) is 23.4 Å². The Kier molecular flexibility index (Phi) is 8.90. The maximum atomic E-state index is 13.6. The predicted octanol–water partition coefficient (Wildman–Crippen LogP) is 4.35. The number of halogens is 1. The molecule has 0 bridgehead atoms. The van der Waals surface area contributed by atoms with Gasteiger partial charge in [-0.25, -0.2) is 13.8 Å². The SMILES string of the molecule is COc1ccc(Cl)cc1N(CC(=O)N/N=C(/C)c1cccc(NC(C)=O)c1)S(=O)(=O)c1ccc(C)cc1. The van der Waals surface area contributed by atoms with E-state index in [9.17, 15) is 18.0 Å². The molecular formula is C26H27ClN4O5S. The minimum atomic E-state index is -4.18. The maximum absolute atomic E-state index is 13.6. The Bertz CT molecular complexity index is 1440. The molecule has 0 radical (unpaired) electrons. The van der Waals surface area contributed by atoms with Gasteiger partial charge in [0.2, 0.25) is 5.91 Å². The van der Waals surface area contributed by atoms with Crippen LogP contribution in [0.4, 0.5) is 11.4 Å². The van der Waals surface area contributed by atoms with Crippen LogP contribution >= 0.6 is 11.6 Å². The largest absolute Gasteiger partial charge is 0.495 e. The number of carbonyl (C=O) groups excluding carboxylic acids is 2. The maximum Gasteiger partial charge on any atom is 0.264 e. The number of methoxy groups -OCH3 is 1. The van der Waals surface area contributed by atoms with Crippen molar-refractivity contribution in [1.29, 1.82) is 0 Å². The number of hydrogen-bond donors (Lipinski definition) is 2. The lowest BCUT2D eigenvalue weighted by Gasteiger charge is -2.25. The molecule has 3 aromatic rings. The first-order chi connectivity index (χ1) is 17.5. The Morgan fingerprint density at radius 3 is 2.38 bits per heavy atom. The molecule has 0 aliphatic rings. The van der Waals surface area contributed by atoms with Crippen LogP contribution in [0.5, 0.6) is 5.75 Å². The fourth-order valence-electron chi connectivity index (χ4n) is 3.40. The van der Waals surface area contributed by atoms with Gasteiger partial charge in [0, 0.05) is 17.6 Å². The molecule has 3 aromatic carbocycles. The molecule has 0 saturated carbocycles. The van der Waals surface area contributed by atoms with E-state index in [0.717, 1.165) is 9.87 Å². The molecule has 3 rings (SSSR count). The van der Waals surface area contributed by atoms with E-state index < -0.39 is 22.5 Å². The fourth-order valence-corrected chi connectivity index (χ4v) is 4.99. The molecule has 0 unspecified atom stereocenters. The summed E-state index contributed by atoms with van der Waals surface area (Å²) in [6.07, 6.45) is 0. The van der Waals surface area contributed by atoms with Gasteiger partial charge in [-0.15, -0.1) is 0 Å². The van der Waals surface area contributed by atoms with Gasteiger partial charge in [0.15, 0.2) is 0 Å². The average Bonchev–Trinajstić information content (AvgIpc) is 2.85. The Labute approximate surface area is 221 Å². The lowest BCUT2D eigenvalue weighted by molar-refractivity contribution is -0.119. The molecular weight excluding hydrogens is 516 g/mol. The van der Waals surface area contributed by atoms with Gasteiger partial charge in [0.1, 0.15) is 12.3 Å². The number of nitrogens with one attached hydrogen (secondary N) is 2. The number of sulfonamides is 1. The van der Waals surface area contributed by atoms with Gasteiger partial charge in [-0.1, -0.05) is 41.4 Å². The molecule has 0 heterocycles. The van der Waals surface area contributed by atoms with Crippen LogP contribution in [0.3, 0.4) is 0 Å². The van der Waals surface area contributed by atoms with Crippen LogP contribution in [-0.2, 0) is 19.6 Å². The van der Waals surface area contributed by atoms with Crippen molar-refractivity contribution in [3.05, 3.63) is 82.9 Å². The van der Waals surface area contributed by atoms with E-state index in [1.807, 2.05) is 6.92 Å². The molecule has 2 amide bonds. The minimum Gasteiger partial charge on any atom is -0.495 e. The van der Waals surface area contributed by atoms with E-state index in [2.05, 4.69) is 15.8 Å². The second-order valence-electron chi connectivity index (χ2n) is 8.14. The molecule has 37 heavy (non-hydrogen) atoms. The Morgan fingerprint density at radius 2 is 1.73 bits per heavy atom. The molecule has 0 aliphatic heterocycles. The van der Waals surface area contributed by atoms with Crippen molar-refractivity contribution < 1.29 is 22.7 Å². The highest BCUT2D eigenvalue weighted by molar-refractivity contribution is 7.92. The normalized spacial score (nSPS) is 11.5. The second kappa shape index (κ2) is 11.9. The zero-order chi connectivity index (χ0) is 27.2. The van der Waals surface area contributed by atoms with Crippen LogP contribution in [-0.4, -0.2) is 39.6 Å². The standard InChI is InChI=1S/C26H27ClN4O5S/c1-17-8-11-23(12-9-17)37(34,35)31(24-15-21(27)10-13-25(24)36-4)16-26(33)30-29-18(2)20-6-5-7-22(14-20)28-19(3)32/h5-15H,16H2,1-4H3,(H,28,32)(H,30,33)/b29-18-. The molecule has 0 aliphatic carbocycles. The molecule has 2 N–H and O–H groups in total. The number of anilines is 2. The van der Waals surface area contributed by atoms with E-state index >= 15 is 0 Å². The van der Waals surface area contributed by atoms with Gasteiger partial charge in [-0.3, -0.25) is 13.9 Å². The first kappa shape index (κ1) is 27.7. The molecule has 0 atom stereocenters. The zero-order valence-corrected chi connectivity index (χ0v) is 22.4. The summed E-state index contributed by atoms with van der Waals surface area (Å²) in [5.74, 6) is -0.677. The molecule has 0 fully saturated rings. The van der Waals surface area contributed by atoms with Crippen molar-refractivity contribution in [2.75, 3.05) is 23.3 Å². The van der Waals surface area contributed by atoms with E-state index in [1.165, 1.54) is 38.3 Å². The number of hydrazone groups is 1. The Hall–Kier alpha value is -3.89. The minimum absolute atomic E-state index is 0.00222. The van der Waals surface area contributed by atoms with Crippen molar-refractivity contribution in [2.24, 2.45) is 5.10 Å². The third kappa shape index (κ3) is 7.08. The Morgan fingerprint density at radius 1 is 1.03 bits per heavy atom. The van der Waals surface area contributed by atoms with Crippen molar-refractivity contribution in [1.82, 2.24) is 5.43 Å². The predicted molar refractivity (Wildman–Crippen MR) is 145 cm³/mol. The molecule has 9 nitrogen and oxygen atoms in total. The third-order valence-corrected chi connectivity index (χ3v) is 7.26. The highest BCUT2D eigenvalue weighted by Gasteiger charge is 2.29. The number of carbonyl (C=O) groups is 2. The van der Waals surface area contributed by atoms with E-state index in [4.69, 9.17) is 16.3 Å². The van der Waals surface area contributed by atoms with E-state index in [-0.39, 0.29) is 27.3 Å². The number of amides is 2. The van der Waals surface area contributed by atoms with Crippen molar-refractivity contribution in [3.63, 3.8) is 0 Å². The number of aryl methyl sites for hydroxylation is 1. The third-order valence-electron chi connectivity index (χ3n) is 5.25. The van der Waals surface area contributed by atoms with Gasteiger partial charge in [0.25, 0.3) is 15.9 Å². The summed E-state index contributed by atoms with van der Waals surface area (Å²) in [5.41, 5.74) is 5.09. The number of benzene rings is 3. The first-order valence-corrected chi connectivity index (χ1v) is 13.0. The van der Waals surface area contributed by atoms with Crippen molar-refractivity contribution in [2.45, 2.75) is 25.7 Å². The van der Waals surface area contributed by atoms with Crippen molar-refractivity contribution in [3.8, 4) is 5.75 Å². The topological polar surface area (TPSA) is 117 Å². The summed E-state index contributed by atoms with van der Waals surface area (Å²) in [4.78, 5) is 24.3. The summed E-state index contributed by atoms with van der Waals surface area (Å²) in [5, 5.41) is 7.07.